The third-order valence-electron chi connectivity index (χ3n) is 5.64. The van der Waals surface area contributed by atoms with Gasteiger partial charge in [-0.2, -0.15) is 0 Å². The molecule has 176 valence electrons. The van der Waals surface area contributed by atoms with Crippen molar-refractivity contribution in [3.63, 3.8) is 0 Å². The number of benzene rings is 2. The molecule has 0 saturated carbocycles. The zero-order chi connectivity index (χ0) is 24.3. The fourth-order valence-corrected chi connectivity index (χ4v) is 3.62. The number of carbonyl (C=O) groups excluding carboxylic acids is 1. The maximum atomic E-state index is 13.2. The molecule has 0 atom stereocenters. The van der Waals surface area contributed by atoms with E-state index in [-0.39, 0.29) is 5.91 Å². The average Bonchev–Trinajstić information content (AvgIpc) is 2.92. The molecule has 0 radical (unpaired) electrons. The second-order valence-electron chi connectivity index (χ2n) is 8.28. The Morgan fingerprint density at radius 2 is 1.43 bits per heavy atom. The second kappa shape index (κ2) is 12.3. The summed E-state index contributed by atoms with van der Waals surface area (Å²) in [5, 5.41) is 0. The molecule has 35 heavy (non-hydrogen) atoms. The number of ether oxygens (including phenoxy) is 1. The van der Waals surface area contributed by atoms with Gasteiger partial charge in [0.1, 0.15) is 12.4 Å². The minimum Gasteiger partial charge on any atom is -0.489 e. The van der Waals surface area contributed by atoms with E-state index in [1.807, 2.05) is 59.5 Å². The number of aromatic nitrogens is 2. The number of rotatable bonds is 10. The third kappa shape index (κ3) is 7.37. The molecular weight excluding hydrogens is 434 g/mol. The molecule has 5 heteroatoms. The van der Waals surface area contributed by atoms with Crippen LogP contribution < -0.4 is 4.74 Å². The number of pyridine rings is 2. The molecule has 1 amide bonds. The van der Waals surface area contributed by atoms with Crippen LogP contribution in [-0.2, 0) is 30.9 Å². The SMILES string of the molecule is CCc1ccc(CN(Cc2cccnc2)C(=O)/C=C/c2ccc(OCc3cccnc3)cc2)cc1. The van der Waals surface area contributed by atoms with E-state index in [9.17, 15) is 4.79 Å². The summed E-state index contributed by atoms with van der Waals surface area (Å²) >= 11 is 0. The molecule has 5 nitrogen and oxygen atoms in total. The topological polar surface area (TPSA) is 55.3 Å². The highest BCUT2D eigenvalue weighted by Crippen LogP contribution is 2.16. The quantitative estimate of drug-likeness (QED) is 0.277. The molecule has 0 fully saturated rings. The Hall–Kier alpha value is -4.25. The molecule has 0 spiro atoms. The fourth-order valence-electron chi connectivity index (χ4n) is 3.62. The van der Waals surface area contributed by atoms with Gasteiger partial charge in [-0.25, -0.2) is 0 Å². The van der Waals surface area contributed by atoms with Gasteiger partial charge in [0.25, 0.3) is 0 Å². The summed E-state index contributed by atoms with van der Waals surface area (Å²) in [5.41, 5.74) is 5.32. The van der Waals surface area contributed by atoms with Crippen molar-refractivity contribution < 1.29 is 9.53 Å². The third-order valence-corrected chi connectivity index (χ3v) is 5.64. The highest BCUT2D eigenvalue weighted by atomic mass is 16.5. The summed E-state index contributed by atoms with van der Waals surface area (Å²) in [6, 6.07) is 23.9. The summed E-state index contributed by atoms with van der Waals surface area (Å²) in [5.74, 6) is 0.719. The normalized spacial score (nSPS) is 10.9. The summed E-state index contributed by atoms with van der Waals surface area (Å²) < 4.78 is 5.81. The fraction of sp³-hybridized carbons (Fsp3) is 0.167. The summed E-state index contributed by atoms with van der Waals surface area (Å²) in [7, 11) is 0. The predicted molar refractivity (Wildman–Crippen MR) is 138 cm³/mol. The lowest BCUT2D eigenvalue weighted by Crippen LogP contribution is -2.28. The van der Waals surface area contributed by atoms with Gasteiger partial charge in [0, 0.05) is 49.5 Å². The zero-order valence-electron chi connectivity index (χ0n) is 19.9. The number of hydrogen-bond acceptors (Lipinski definition) is 4. The van der Waals surface area contributed by atoms with Gasteiger partial charge in [-0.15, -0.1) is 0 Å². The van der Waals surface area contributed by atoms with E-state index in [0.29, 0.717) is 19.7 Å². The largest absolute Gasteiger partial charge is 0.489 e. The second-order valence-corrected chi connectivity index (χ2v) is 8.28. The maximum absolute atomic E-state index is 13.2. The first-order valence-corrected chi connectivity index (χ1v) is 11.7. The first-order valence-electron chi connectivity index (χ1n) is 11.7. The van der Waals surface area contributed by atoms with E-state index < -0.39 is 0 Å². The van der Waals surface area contributed by atoms with Gasteiger partial charge in [0.15, 0.2) is 0 Å². The molecule has 0 saturated heterocycles. The molecule has 4 rings (SSSR count). The highest BCUT2D eigenvalue weighted by Gasteiger charge is 2.12. The molecule has 2 aromatic carbocycles. The Morgan fingerprint density at radius 3 is 2.06 bits per heavy atom. The standard InChI is InChI=1S/C30H29N3O2/c1-2-24-7-9-26(10-8-24)21-33(22-27-5-3-17-31-19-27)30(34)16-13-25-11-14-29(15-12-25)35-23-28-6-4-18-32-20-28/h3-20H,2,21-23H2,1H3/b16-13+. The Bertz CT molecular complexity index is 1220. The van der Waals surface area contributed by atoms with Gasteiger partial charge in [0.05, 0.1) is 0 Å². The van der Waals surface area contributed by atoms with Gasteiger partial charge in [0.2, 0.25) is 5.91 Å². The van der Waals surface area contributed by atoms with Crippen LogP contribution in [0.5, 0.6) is 5.75 Å². The smallest absolute Gasteiger partial charge is 0.247 e. The number of hydrogen-bond donors (Lipinski definition) is 0. The van der Waals surface area contributed by atoms with Crippen molar-refractivity contribution >= 4 is 12.0 Å². The van der Waals surface area contributed by atoms with E-state index in [0.717, 1.165) is 34.4 Å². The summed E-state index contributed by atoms with van der Waals surface area (Å²) in [6.07, 6.45) is 11.5. The van der Waals surface area contributed by atoms with Crippen LogP contribution in [0.15, 0.2) is 104 Å². The lowest BCUT2D eigenvalue weighted by Gasteiger charge is -2.21. The molecule has 0 aliphatic carbocycles. The van der Waals surface area contributed by atoms with E-state index in [2.05, 4.69) is 41.2 Å². The van der Waals surface area contributed by atoms with E-state index in [1.165, 1.54) is 5.56 Å². The Morgan fingerprint density at radius 1 is 0.800 bits per heavy atom. The van der Waals surface area contributed by atoms with E-state index in [1.54, 1.807) is 30.9 Å². The average molecular weight is 464 g/mol. The molecule has 2 aromatic heterocycles. The van der Waals surface area contributed by atoms with Crippen molar-refractivity contribution in [2.24, 2.45) is 0 Å². The number of carbonyl (C=O) groups is 1. The lowest BCUT2D eigenvalue weighted by molar-refractivity contribution is -0.127. The Labute approximate surface area is 206 Å². The molecule has 0 aliphatic heterocycles. The Balaban J connectivity index is 1.41. The van der Waals surface area contributed by atoms with Crippen molar-refractivity contribution in [2.45, 2.75) is 33.0 Å². The molecular formula is C30H29N3O2. The van der Waals surface area contributed by atoms with E-state index >= 15 is 0 Å². The molecule has 2 heterocycles. The van der Waals surface area contributed by atoms with Gasteiger partial charge < -0.3 is 9.64 Å². The molecule has 4 aromatic rings. The monoisotopic (exact) mass is 463 g/mol. The van der Waals surface area contributed by atoms with Crippen LogP contribution in [0, 0.1) is 0 Å². The minimum atomic E-state index is -0.0506. The minimum absolute atomic E-state index is 0.0506. The van der Waals surface area contributed by atoms with Crippen LogP contribution in [0.25, 0.3) is 6.08 Å². The molecule has 0 bridgehead atoms. The van der Waals surface area contributed by atoms with Crippen molar-refractivity contribution in [1.29, 1.82) is 0 Å². The van der Waals surface area contributed by atoms with Crippen LogP contribution >= 0.6 is 0 Å². The summed E-state index contributed by atoms with van der Waals surface area (Å²) in [4.78, 5) is 23.3. The van der Waals surface area contributed by atoms with Gasteiger partial charge in [-0.05, 0) is 59.0 Å². The number of nitrogens with zero attached hydrogens (tertiary/aromatic N) is 3. The van der Waals surface area contributed by atoms with Crippen LogP contribution in [0.4, 0.5) is 0 Å². The van der Waals surface area contributed by atoms with Gasteiger partial charge in [-0.3, -0.25) is 14.8 Å². The van der Waals surface area contributed by atoms with Crippen molar-refractivity contribution in [3.8, 4) is 5.75 Å². The summed E-state index contributed by atoms with van der Waals surface area (Å²) in [6.45, 7) is 3.62. The molecule has 0 unspecified atom stereocenters. The number of amides is 1. The van der Waals surface area contributed by atoms with Crippen LogP contribution in [-0.4, -0.2) is 20.8 Å². The maximum Gasteiger partial charge on any atom is 0.247 e. The van der Waals surface area contributed by atoms with Crippen LogP contribution in [0.2, 0.25) is 0 Å². The van der Waals surface area contributed by atoms with E-state index in [4.69, 9.17) is 4.74 Å². The van der Waals surface area contributed by atoms with Gasteiger partial charge in [-0.1, -0.05) is 55.5 Å². The molecule has 0 aliphatic rings. The lowest BCUT2D eigenvalue weighted by atomic mass is 10.1. The van der Waals surface area contributed by atoms with Crippen molar-refractivity contribution in [1.82, 2.24) is 14.9 Å². The predicted octanol–water partition coefficient (Wildman–Crippen LogP) is 5.86. The van der Waals surface area contributed by atoms with Gasteiger partial charge >= 0.3 is 0 Å². The number of aryl methyl sites for hydroxylation is 1. The zero-order valence-corrected chi connectivity index (χ0v) is 19.9. The van der Waals surface area contributed by atoms with Crippen LogP contribution in [0.1, 0.15) is 34.7 Å². The van der Waals surface area contributed by atoms with Crippen LogP contribution in [0.3, 0.4) is 0 Å². The van der Waals surface area contributed by atoms with Crippen molar-refractivity contribution in [3.05, 3.63) is 131 Å². The Kier molecular flexibility index (Phi) is 8.38. The first kappa shape index (κ1) is 23.9. The highest BCUT2D eigenvalue weighted by molar-refractivity contribution is 5.91. The van der Waals surface area contributed by atoms with Crippen molar-refractivity contribution in [2.75, 3.05) is 0 Å². The molecule has 0 N–H and O–H groups in total. The first-order chi connectivity index (χ1) is 17.2.